The number of amides is 1. The molecule has 27 heavy (non-hydrogen) atoms. The monoisotopic (exact) mass is 386 g/mol. The lowest BCUT2D eigenvalue weighted by atomic mass is 10.1. The number of hydrogen-bond acceptors (Lipinski definition) is 3. The third-order valence-corrected chi connectivity index (χ3v) is 5.30. The lowest BCUT2D eigenvalue weighted by Crippen LogP contribution is -2.29. The van der Waals surface area contributed by atoms with Crippen molar-refractivity contribution in [2.75, 3.05) is 22.4 Å². The molecule has 0 atom stereocenters. The molecule has 0 aromatic heterocycles. The topological polar surface area (TPSA) is 66.5 Å². The summed E-state index contributed by atoms with van der Waals surface area (Å²) < 4.78 is 25.0. The minimum absolute atomic E-state index is 0.175. The van der Waals surface area contributed by atoms with E-state index in [0.29, 0.717) is 11.3 Å². The molecule has 0 saturated heterocycles. The van der Waals surface area contributed by atoms with Gasteiger partial charge in [-0.15, -0.1) is 6.58 Å². The summed E-state index contributed by atoms with van der Waals surface area (Å²) in [5.41, 5.74) is 2.94. The first-order chi connectivity index (χ1) is 12.8. The van der Waals surface area contributed by atoms with E-state index in [9.17, 15) is 13.2 Å². The van der Waals surface area contributed by atoms with Crippen LogP contribution in [0.2, 0.25) is 0 Å². The van der Waals surface area contributed by atoms with Crippen LogP contribution in [0.4, 0.5) is 11.4 Å². The maximum atomic E-state index is 12.4. The maximum absolute atomic E-state index is 12.4. The van der Waals surface area contributed by atoms with Crippen LogP contribution in [0.1, 0.15) is 35.7 Å². The van der Waals surface area contributed by atoms with E-state index in [1.54, 1.807) is 24.3 Å². The molecule has 0 saturated carbocycles. The van der Waals surface area contributed by atoms with E-state index < -0.39 is 10.0 Å². The summed E-state index contributed by atoms with van der Waals surface area (Å²) in [6.07, 6.45) is 5.99. The quantitative estimate of drug-likeness (QED) is 0.656. The molecule has 2 aromatic rings. The Labute approximate surface area is 161 Å². The van der Waals surface area contributed by atoms with Gasteiger partial charge < -0.3 is 5.32 Å². The van der Waals surface area contributed by atoms with Crippen LogP contribution in [0.25, 0.3) is 0 Å². The fourth-order valence-corrected chi connectivity index (χ4v) is 3.55. The van der Waals surface area contributed by atoms with Gasteiger partial charge in [0.2, 0.25) is 10.0 Å². The molecule has 144 valence electrons. The fraction of sp³-hybridized carbons (Fsp3) is 0.286. The second kappa shape index (κ2) is 9.37. The summed E-state index contributed by atoms with van der Waals surface area (Å²) in [7, 11) is -3.41. The smallest absolute Gasteiger partial charge is 0.255 e. The van der Waals surface area contributed by atoms with E-state index in [2.05, 4.69) is 18.8 Å². The first-order valence-corrected chi connectivity index (χ1v) is 10.8. The van der Waals surface area contributed by atoms with Crippen LogP contribution in [0, 0.1) is 0 Å². The molecule has 0 heterocycles. The van der Waals surface area contributed by atoms with Crippen molar-refractivity contribution in [2.24, 2.45) is 0 Å². The van der Waals surface area contributed by atoms with Gasteiger partial charge in [0, 0.05) is 11.3 Å². The van der Waals surface area contributed by atoms with Gasteiger partial charge in [0.25, 0.3) is 5.91 Å². The molecule has 1 amide bonds. The van der Waals surface area contributed by atoms with Gasteiger partial charge in [-0.25, -0.2) is 8.42 Å². The predicted molar refractivity (Wildman–Crippen MR) is 112 cm³/mol. The predicted octanol–water partition coefficient (Wildman–Crippen LogP) is 4.23. The minimum atomic E-state index is -3.41. The van der Waals surface area contributed by atoms with Crippen molar-refractivity contribution >= 4 is 27.3 Å². The standard InChI is InChI=1S/C21H26N2O3S/c1-4-6-7-17-8-12-19(13-9-17)22-21(24)18-10-14-20(15-11-18)23(16-5-2)27(3,25)26/h5,8-15H,2,4,6-7,16H2,1,3H3,(H,22,24). The van der Waals surface area contributed by atoms with Crippen LogP contribution >= 0.6 is 0 Å². The van der Waals surface area contributed by atoms with Crippen molar-refractivity contribution in [3.63, 3.8) is 0 Å². The molecule has 0 unspecified atom stereocenters. The van der Waals surface area contributed by atoms with Crippen molar-refractivity contribution in [3.8, 4) is 0 Å². The highest BCUT2D eigenvalue weighted by Gasteiger charge is 2.16. The molecule has 2 rings (SSSR count). The van der Waals surface area contributed by atoms with Crippen LogP contribution in [0.5, 0.6) is 0 Å². The van der Waals surface area contributed by atoms with E-state index >= 15 is 0 Å². The number of rotatable bonds is 9. The molecular weight excluding hydrogens is 360 g/mol. The van der Waals surface area contributed by atoms with Crippen LogP contribution < -0.4 is 9.62 Å². The van der Waals surface area contributed by atoms with Crippen molar-refractivity contribution in [1.82, 2.24) is 0 Å². The zero-order valence-corrected chi connectivity index (χ0v) is 16.6. The molecule has 0 aliphatic rings. The molecule has 0 aliphatic carbocycles. The third-order valence-electron chi connectivity index (χ3n) is 4.14. The van der Waals surface area contributed by atoms with E-state index in [4.69, 9.17) is 0 Å². The minimum Gasteiger partial charge on any atom is -0.322 e. The van der Waals surface area contributed by atoms with Crippen molar-refractivity contribution in [2.45, 2.75) is 26.2 Å². The van der Waals surface area contributed by atoms with Gasteiger partial charge in [-0.05, 0) is 54.8 Å². The third kappa shape index (κ3) is 5.96. The lowest BCUT2D eigenvalue weighted by Gasteiger charge is -2.20. The van der Waals surface area contributed by atoms with Crippen LogP contribution in [-0.2, 0) is 16.4 Å². The molecule has 0 bridgehead atoms. The summed E-state index contributed by atoms with van der Waals surface area (Å²) >= 11 is 0. The number of anilines is 2. The van der Waals surface area contributed by atoms with Gasteiger partial charge in [-0.1, -0.05) is 31.6 Å². The number of nitrogens with one attached hydrogen (secondary N) is 1. The first-order valence-electron chi connectivity index (χ1n) is 8.94. The van der Waals surface area contributed by atoms with Gasteiger partial charge in [-0.2, -0.15) is 0 Å². The molecule has 0 spiro atoms. The van der Waals surface area contributed by atoms with Crippen LogP contribution in [0.15, 0.2) is 61.2 Å². The van der Waals surface area contributed by atoms with Gasteiger partial charge in [0.1, 0.15) is 0 Å². The number of nitrogens with zero attached hydrogens (tertiary/aromatic N) is 1. The summed E-state index contributed by atoms with van der Waals surface area (Å²) in [6, 6.07) is 14.3. The highest BCUT2D eigenvalue weighted by molar-refractivity contribution is 7.92. The Morgan fingerprint density at radius 3 is 2.26 bits per heavy atom. The van der Waals surface area contributed by atoms with Crippen molar-refractivity contribution < 1.29 is 13.2 Å². The highest BCUT2D eigenvalue weighted by Crippen LogP contribution is 2.19. The molecule has 6 heteroatoms. The SMILES string of the molecule is C=CCN(c1ccc(C(=O)Nc2ccc(CCCC)cc2)cc1)S(C)(=O)=O. The first kappa shape index (κ1) is 20.7. The van der Waals surface area contributed by atoms with Crippen molar-refractivity contribution in [3.05, 3.63) is 72.3 Å². The number of carbonyl (C=O) groups excluding carboxylic acids is 1. The molecule has 5 nitrogen and oxygen atoms in total. The highest BCUT2D eigenvalue weighted by atomic mass is 32.2. The second-order valence-corrected chi connectivity index (χ2v) is 8.29. The van der Waals surface area contributed by atoms with Crippen molar-refractivity contribution in [1.29, 1.82) is 0 Å². The van der Waals surface area contributed by atoms with Crippen LogP contribution in [0.3, 0.4) is 0 Å². The molecular formula is C21H26N2O3S. The van der Waals surface area contributed by atoms with Gasteiger partial charge >= 0.3 is 0 Å². The Morgan fingerprint density at radius 1 is 1.11 bits per heavy atom. The van der Waals surface area contributed by atoms with Gasteiger partial charge in [-0.3, -0.25) is 9.10 Å². The van der Waals surface area contributed by atoms with E-state index in [1.165, 1.54) is 15.9 Å². The van der Waals surface area contributed by atoms with Gasteiger partial charge in [0.15, 0.2) is 0 Å². The maximum Gasteiger partial charge on any atom is 0.255 e. The Morgan fingerprint density at radius 2 is 1.74 bits per heavy atom. The molecule has 0 radical (unpaired) electrons. The largest absolute Gasteiger partial charge is 0.322 e. The normalized spacial score (nSPS) is 11.0. The summed E-state index contributed by atoms with van der Waals surface area (Å²) in [6.45, 7) is 5.92. The summed E-state index contributed by atoms with van der Waals surface area (Å²) in [5.74, 6) is -0.238. The number of benzene rings is 2. The number of sulfonamides is 1. The second-order valence-electron chi connectivity index (χ2n) is 6.38. The average Bonchev–Trinajstić information content (AvgIpc) is 2.65. The molecule has 0 fully saturated rings. The number of aryl methyl sites for hydroxylation is 1. The Kier molecular flexibility index (Phi) is 7.19. The number of carbonyl (C=O) groups is 1. The Bertz CT molecular complexity index is 873. The zero-order chi connectivity index (χ0) is 19.9. The lowest BCUT2D eigenvalue weighted by molar-refractivity contribution is 0.102. The van der Waals surface area contributed by atoms with E-state index in [1.807, 2.05) is 24.3 Å². The van der Waals surface area contributed by atoms with Gasteiger partial charge in [0.05, 0.1) is 18.5 Å². The summed E-state index contributed by atoms with van der Waals surface area (Å²) in [5, 5.41) is 2.86. The number of hydrogen-bond donors (Lipinski definition) is 1. The van der Waals surface area contributed by atoms with E-state index in [-0.39, 0.29) is 12.5 Å². The molecule has 0 aliphatic heterocycles. The fourth-order valence-electron chi connectivity index (χ4n) is 2.67. The Hall–Kier alpha value is -2.60. The number of unbranched alkanes of at least 4 members (excludes halogenated alkanes) is 1. The Balaban J connectivity index is 2.08. The average molecular weight is 387 g/mol. The molecule has 2 aromatic carbocycles. The van der Waals surface area contributed by atoms with E-state index in [0.717, 1.165) is 31.2 Å². The zero-order valence-electron chi connectivity index (χ0n) is 15.8. The van der Waals surface area contributed by atoms with Crippen LogP contribution in [-0.4, -0.2) is 27.1 Å². The summed E-state index contributed by atoms with van der Waals surface area (Å²) in [4.78, 5) is 12.4. The molecule has 1 N–H and O–H groups in total.